The van der Waals surface area contributed by atoms with Crippen molar-refractivity contribution in [3.8, 4) is 6.07 Å². The number of amides is 2. The Balaban J connectivity index is 1.55. The van der Waals surface area contributed by atoms with Gasteiger partial charge in [0.25, 0.3) is 0 Å². The smallest absolute Gasteiger partial charge is 0.240 e. The molecule has 4 unspecified atom stereocenters. The lowest BCUT2D eigenvalue weighted by atomic mass is 9.73. The number of carbonyl (C=O) groups is 2. The monoisotopic (exact) mass is 445 g/mol. The molecule has 2 aliphatic heterocycles. The molecule has 7 nitrogen and oxygen atoms in total. The maximum absolute atomic E-state index is 13.4. The van der Waals surface area contributed by atoms with Gasteiger partial charge in [-0.1, -0.05) is 44.5 Å². The van der Waals surface area contributed by atoms with Crippen LogP contribution >= 0.6 is 0 Å². The molecule has 5 rings (SSSR count). The highest BCUT2D eigenvalue weighted by molar-refractivity contribution is 5.91. The Labute approximate surface area is 194 Å². The molecule has 1 aliphatic carbocycles. The Morgan fingerprint density at radius 2 is 1.94 bits per heavy atom. The van der Waals surface area contributed by atoms with E-state index in [0.717, 1.165) is 42.3 Å². The van der Waals surface area contributed by atoms with E-state index in [-0.39, 0.29) is 17.2 Å². The van der Waals surface area contributed by atoms with Crippen molar-refractivity contribution >= 4 is 22.6 Å². The maximum Gasteiger partial charge on any atom is 0.240 e. The average Bonchev–Trinajstić information content (AvgIpc) is 3.09. The van der Waals surface area contributed by atoms with E-state index >= 15 is 0 Å². The van der Waals surface area contributed by atoms with Gasteiger partial charge in [0.1, 0.15) is 6.04 Å². The Bertz CT molecular complexity index is 1140. The van der Waals surface area contributed by atoms with E-state index < -0.39 is 23.3 Å². The summed E-state index contributed by atoms with van der Waals surface area (Å²) < 4.78 is 0. The SMILES string of the molecule is CC1(C)C2CN(C(=O)CN3CCCCC3)C(C(N)=O)C21C(C#N)c1cncc2ccccc12. The number of nitrogens with two attached hydrogens (primary N) is 1. The molecule has 3 aliphatic rings. The number of primary amides is 1. The summed E-state index contributed by atoms with van der Waals surface area (Å²) in [7, 11) is 0. The van der Waals surface area contributed by atoms with Gasteiger partial charge >= 0.3 is 0 Å². The third kappa shape index (κ3) is 3.07. The van der Waals surface area contributed by atoms with Crippen LogP contribution in [0, 0.1) is 28.1 Å². The second kappa shape index (κ2) is 7.81. The third-order valence-electron chi connectivity index (χ3n) is 8.64. The number of nitrogens with zero attached hydrogens (tertiary/aromatic N) is 4. The molecule has 0 radical (unpaired) electrons. The van der Waals surface area contributed by atoms with E-state index in [1.807, 2.05) is 24.3 Å². The lowest BCUT2D eigenvalue weighted by Crippen LogP contribution is -2.55. The number of carbonyl (C=O) groups excluding carboxylic acids is 2. The number of rotatable bonds is 5. The molecule has 3 fully saturated rings. The van der Waals surface area contributed by atoms with Gasteiger partial charge in [0, 0.05) is 29.7 Å². The summed E-state index contributed by atoms with van der Waals surface area (Å²) in [6.45, 7) is 6.78. The molecule has 1 aromatic carbocycles. The third-order valence-corrected chi connectivity index (χ3v) is 8.64. The van der Waals surface area contributed by atoms with Gasteiger partial charge in [-0.15, -0.1) is 0 Å². The second-order valence-corrected chi connectivity index (χ2v) is 10.4. The number of hydrogen-bond acceptors (Lipinski definition) is 5. The predicted molar refractivity (Wildman–Crippen MR) is 125 cm³/mol. The first-order valence-corrected chi connectivity index (χ1v) is 11.9. The number of aromatic nitrogens is 1. The zero-order valence-electron chi connectivity index (χ0n) is 19.3. The highest BCUT2D eigenvalue weighted by Crippen LogP contribution is 2.79. The van der Waals surface area contributed by atoms with Crippen molar-refractivity contribution in [1.82, 2.24) is 14.8 Å². The minimum atomic E-state index is -0.807. The van der Waals surface area contributed by atoms with Crippen molar-refractivity contribution in [2.45, 2.75) is 45.1 Å². The molecule has 2 N–H and O–H groups in total. The number of fused-ring (bicyclic) bond motifs is 2. The van der Waals surface area contributed by atoms with E-state index in [1.165, 1.54) is 6.42 Å². The van der Waals surface area contributed by atoms with Gasteiger partial charge in [-0.05, 0) is 48.2 Å². The first-order valence-electron chi connectivity index (χ1n) is 11.9. The van der Waals surface area contributed by atoms with Crippen LogP contribution in [0.25, 0.3) is 10.8 Å². The quantitative estimate of drug-likeness (QED) is 0.762. The van der Waals surface area contributed by atoms with Crippen molar-refractivity contribution in [1.29, 1.82) is 5.26 Å². The van der Waals surface area contributed by atoms with Gasteiger partial charge in [-0.2, -0.15) is 5.26 Å². The van der Waals surface area contributed by atoms with Crippen LogP contribution in [0.15, 0.2) is 36.7 Å². The number of hydrogen-bond donors (Lipinski definition) is 1. The topological polar surface area (TPSA) is 103 Å². The standard InChI is InChI=1S/C26H31N5O2/c1-25(2)21-15-31(22(32)16-30-10-6-3-7-11-30)23(24(28)33)26(21,25)20(12-27)19-14-29-13-17-8-4-5-9-18(17)19/h4-5,8-9,13-14,20-21,23H,3,6-7,10-11,15-16H2,1-2H3,(H2,28,33). The Hall–Kier alpha value is -2.98. The van der Waals surface area contributed by atoms with Crippen molar-refractivity contribution in [3.63, 3.8) is 0 Å². The van der Waals surface area contributed by atoms with Crippen LogP contribution < -0.4 is 5.73 Å². The minimum absolute atomic E-state index is 0.0245. The zero-order valence-corrected chi connectivity index (χ0v) is 19.3. The molecule has 4 atom stereocenters. The molecule has 2 saturated heterocycles. The summed E-state index contributed by atoms with van der Waals surface area (Å²) >= 11 is 0. The summed E-state index contributed by atoms with van der Waals surface area (Å²) in [5, 5.41) is 12.4. The van der Waals surface area contributed by atoms with E-state index in [9.17, 15) is 14.9 Å². The fourth-order valence-corrected chi connectivity index (χ4v) is 6.99. The normalized spacial score (nSPS) is 29.3. The first-order chi connectivity index (χ1) is 15.8. The summed E-state index contributed by atoms with van der Waals surface area (Å²) in [5.74, 6) is -1.16. The van der Waals surface area contributed by atoms with Crippen LogP contribution in [0.3, 0.4) is 0 Å². The summed E-state index contributed by atoms with van der Waals surface area (Å²) in [4.78, 5) is 34.6. The largest absolute Gasteiger partial charge is 0.368 e. The highest BCUT2D eigenvalue weighted by Gasteiger charge is 2.83. The molecule has 1 saturated carbocycles. The summed E-state index contributed by atoms with van der Waals surface area (Å²) in [5.41, 5.74) is 5.78. The molecule has 2 aromatic rings. The zero-order chi connectivity index (χ0) is 23.4. The van der Waals surface area contributed by atoms with Gasteiger partial charge in [-0.25, -0.2) is 0 Å². The van der Waals surface area contributed by atoms with Gasteiger partial charge in [0.05, 0.1) is 18.5 Å². The molecule has 172 valence electrons. The van der Waals surface area contributed by atoms with E-state index in [0.29, 0.717) is 13.1 Å². The Morgan fingerprint density at radius 3 is 2.64 bits per heavy atom. The number of nitriles is 1. The van der Waals surface area contributed by atoms with Crippen molar-refractivity contribution in [2.24, 2.45) is 22.5 Å². The second-order valence-electron chi connectivity index (χ2n) is 10.4. The summed E-state index contributed by atoms with van der Waals surface area (Å²) in [6.07, 6.45) is 6.91. The molecule has 7 heteroatoms. The number of benzene rings is 1. The first kappa shape index (κ1) is 21.8. The fourth-order valence-electron chi connectivity index (χ4n) is 6.99. The fraction of sp³-hybridized carbons (Fsp3) is 0.538. The minimum Gasteiger partial charge on any atom is -0.368 e. The molecule has 33 heavy (non-hydrogen) atoms. The molecule has 0 spiro atoms. The molecule has 1 aromatic heterocycles. The van der Waals surface area contributed by atoms with Gasteiger partial charge in [-0.3, -0.25) is 19.5 Å². The van der Waals surface area contributed by atoms with Crippen LogP contribution in [-0.4, -0.2) is 58.8 Å². The van der Waals surface area contributed by atoms with Crippen LogP contribution in [0.1, 0.15) is 44.6 Å². The van der Waals surface area contributed by atoms with Crippen molar-refractivity contribution < 1.29 is 9.59 Å². The Kier molecular flexibility index (Phi) is 5.17. The molecule has 0 bridgehead atoms. The van der Waals surface area contributed by atoms with Crippen LogP contribution in [0.4, 0.5) is 0 Å². The molecule has 2 amide bonds. The van der Waals surface area contributed by atoms with E-state index in [4.69, 9.17) is 5.73 Å². The van der Waals surface area contributed by atoms with Gasteiger partial charge in [0.15, 0.2) is 0 Å². The van der Waals surface area contributed by atoms with Crippen LogP contribution in [-0.2, 0) is 9.59 Å². The maximum atomic E-state index is 13.4. The van der Waals surface area contributed by atoms with Gasteiger partial charge < -0.3 is 10.6 Å². The van der Waals surface area contributed by atoms with Gasteiger partial charge in [0.2, 0.25) is 11.8 Å². The highest BCUT2D eigenvalue weighted by atomic mass is 16.2. The lowest BCUT2D eigenvalue weighted by Gasteiger charge is -2.38. The number of pyridine rings is 1. The van der Waals surface area contributed by atoms with E-state index in [2.05, 4.69) is 29.8 Å². The summed E-state index contributed by atoms with van der Waals surface area (Å²) in [6, 6.07) is 9.57. The number of likely N-dealkylation sites (tertiary alicyclic amines) is 2. The molecule has 3 heterocycles. The average molecular weight is 446 g/mol. The predicted octanol–water partition coefficient (Wildman–Crippen LogP) is 2.67. The molecular formula is C26H31N5O2. The van der Waals surface area contributed by atoms with E-state index in [1.54, 1.807) is 17.3 Å². The van der Waals surface area contributed by atoms with Crippen molar-refractivity contribution in [2.75, 3.05) is 26.2 Å². The molecular weight excluding hydrogens is 414 g/mol. The lowest BCUT2D eigenvalue weighted by molar-refractivity contribution is -0.141. The van der Waals surface area contributed by atoms with Crippen LogP contribution in [0.5, 0.6) is 0 Å². The Morgan fingerprint density at radius 1 is 1.21 bits per heavy atom. The number of piperidine rings is 2. The van der Waals surface area contributed by atoms with Crippen LogP contribution in [0.2, 0.25) is 0 Å². The van der Waals surface area contributed by atoms with Crippen molar-refractivity contribution in [3.05, 3.63) is 42.2 Å².